The molecule has 1 aliphatic heterocycles. The Bertz CT molecular complexity index is 715. The van der Waals surface area contributed by atoms with E-state index in [2.05, 4.69) is 15.6 Å². The maximum Gasteiger partial charge on any atom is 0.255 e. The van der Waals surface area contributed by atoms with Gasteiger partial charge in [-0.2, -0.15) is 0 Å². The highest BCUT2D eigenvalue weighted by atomic mass is 35.5. The number of carbonyl (C=O) groups is 2. The number of hydrogen-bond donors (Lipinski definition) is 2. The largest absolute Gasteiger partial charge is 0.326 e. The van der Waals surface area contributed by atoms with Gasteiger partial charge in [-0.15, -0.1) is 0 Å². The van der Waals surface area contributed by atoms with Crippen LogP contribution in [-0.2, 0) is 11.2 Å². The molecule has 1 aromatic carbocycles. The highest BCUT2D eigenvalue weighted by Crippen LogP contribution is 2.24. The summed E-state index contributed by atoms with van der Waals surface area (Å²) in [5.41, 5.74) is 2.66. The summed E-state index contributed by atoms with van der Waals surface area (Å²) >= 11 is 5.76. The molecular weight excluding hydrogens is 278 g/mol. The van der Waals surface area contributed by atoms with E-state index in [0.717, 1.165) is 11.3 Å². The Morgan fingerprint density at radius 3 is 2.95 bits per heavy atom. The smallest absolute Gasteiger partial charge is 0.255 e. The zero-order valence-corrected chi connectivity index (χ0v) is 11.1. The number of aromatic nitrogens is 1. The molecule has 0 saturated carbocycles. The van der Waals surface area contributed by atoms with Crippen molar-refractivity contribution in [1.29, 1.82) is 0 Å². The lowest BCUT2D eigenvalue weighted by Crippen LogP contribution is -2.12. The van der Waals surface area contributed by atoms with E-state index in [0.29, 0.717) is 22.8 Å². The van der Waals surface area contributed by atoms with Crippen molar-refractivity contribution in [3.63, 3.8) is 0 Å². The van der Waals surface area contributed by atoms with Crippen molar-refractivity contribution in [2.45, 2.75) is 6.42 Å². The summed E-state index contributed by atoms with van der Waals surface area (Å²) in [6.07, 6.45) is 1.82. The van der Waals surface area contributed by atoms with Crippen LogP contribution in [0.4, 0.5) is 11.4 Å². The van der Waals surface area contributed by atoms with Gasteiger partial charge < -0.3 is 10.6 Å². The number of nitrogens with zero attached hydrogens (tertiary/aromatic N) is 1. The number of nitrogens with one attached hydrogen (secondary N) is 2. The third-order valence-corrected chi connectivity index (χ3v) is 3.18. The number of amides is 2. The molecule has 20 heavy (non-hydrogen) atoms. The molecule has 5 nitrogen and oxygen atoms in total. The van der Waals surface area contributed by atoms with Crippen LogP contribution in [0.1, 0.15) is 15.9 Å². The summed E-state index contributed by atoms with van der Waals surface area (Å²) < 4.78 is 0. The van der Waals surface area contributed by atoms with Crippen LogP contribution in [0, 0.1) is 0 Å². The lowest BCUT2D eigenvalue weighted by molar-refractivity contribution is -0.115. The van der Waals surface area contributed by atoms with Crippen molar-refractivity contribution in [3.8, 4) is 0 Å². The van der Waals surface area contributed by atoms with E-state index in [9.17, 15) is 9.59 Å². The third kappa shape index (κ3) is 2.48. The second-order valence-electron chi connectivity index (χ2n) is 4.42. The number of benzene rings is 1. The van der Waals surface area contributed by atoms with Gasteiger partial charge in [-0.3, -0.25) is 9.59 Å². The number of hydrogen-bond acceptors (Lipinski definition) is 3. The standard InChI is InChI=1S/C14H10ClN3O2/c15-12-7-10(3-4-16-12)17-14(20)8-1-2-11-9(5-8)6-13(19)18-11/h1-5,7H,6H2,(H,18,19)(H,16,17,20). The highest BCUT2D eigenvalue weighted by molar-refractivity contribution is 6.29. The molecule has 2 N–H and O–H groups in total. The predicted molar refractivity (Wildman–Crippen MR) is 76.0 cm³/mol. The van der Waals surface area contributed by atoms with Crippen molar-refractivity contribution in [1.82, 2.24) is 4.98 Å². The number of rotatable bonds is 2. The van der Waals surface area contributed by atoms with Gasteiger partial charge in [0.1, 0.15) is 5.15 Å². The molecular formula is C14H10ClN3O2. The third-order valence-electron chi connectivity index (χ3n) is 2.98. The summed E-state index contributed by atoms with van der Waals surface area (Å²) in [7, 11) is 0. The van der Waals surface area contributed by atoms with Crippen LogP contribution in [0.5, 0.6) is 0 Å². The van der Waals surface area contributed by atoms with E-state index in [1.165, 1.54) is 6.20 Å². The van der Waals surface area contributed by atoms with Crippen LogP contribution in [0.25, 0.3) is 0 Å². The van der Waals surface area contributed by atoms with E-state index in [1.807, 2.05) is 0 Å². The minimum absolute atomic E-state index is 0.0570. The molecule has 0 aliphatic carbocycles. The van der Waals surface area contributed by atoms with E-state index in [4.69, 9.17) is 11.6 Å². The molecule has 2 aromatic rings. The van der Waals surface area contributed by atoms with Crippen LogP contribution in [0.15, 0.2) is 36.5 Å². The Kier molecular flexibility index (Phi) is 3.12. The molecule has 0 spiro atoms. The zero-order valence-electron chi connectivity index (χ0n) is 10.3. The molecule has 100 valence electrons. The highest BCUT2D eigenvalue weighted by Gasteiger charge is 2.19. The lowest BCUT2D eigenvalue weighted by atomic mass is 10.1. The number of fused-ring (bicyclic) bond motifs is 1. The van der Waals surface area contributed by atoms with Crippen molar-refractivity contribution >= 4 is 34.8 Å². The molecule has 1 aliphatic rings. The monoisotopic (exact) mass is 287 g/mol. The summed E-state index contributed by atoms with van der Waals surface area (Å²) in [6, 6.07) is 8.34. The van der Waals surface area contributed by atoms with Crippen LogP contribution in [0.2, 0.25) is 5.15 Å². The van der Waals surface area contributed by atoms with Crippen molar-refractivity contribution in [2.24, 2.45) is 0 Å². The molecule has 0 unspecified atom stereocenters. The topological polar surface area (TPSA) is 71.1 Å². The second kappa shape index (κ2) is 4.94. The van der Waals surface area contributed by atoms with Crippen molar-refractivity contribution in [3.05, 3.63) is 52.8 Å². The van der Waals surface area contributed by atoms with Gasteiger partial charge >= 0.3 is 0 Å². The molecule has 0 atom stereocenters. The van der Waals surface area contributed by atoms with E-state index < -0.39 is 0 Å². The maximum absolute atomic E-state index is 12.1. The second-order valence-corrected chi connectivity index (χ2v) is 4.81. The summed E-state index contributed by atoms with van der Waals surface area (Å²) in [4.78, 5) is 27.2. The quantitative estimate of drug-likeness (QED) is 0.834. The van der Waals surface area contributed by atoms with Gasteiger partial charge in [-0.25, -0.2) is 4.98 Å². The average molecular weight is 288 g/mol. The molecule has 2 heterocycles. The molecule has 3 rings (SSSR count). The van der Waals surface area contributed by atoms with Gasteiger partial charge in [0.25, 0.3) is 5.91 Å². The SMILES string of the molecule is O=C1Cc2cc(C(=O)Nc3ccnc(Cl)c3)ccc2N1. The van der Waals surface area contributed by atoms with Crippen LogP contribution in [-0.4, -0.2) is 16.8 Å². The van der Waals surface area contributed by atoms with Gasteiger partial charge in [0.15, 0.2) is 0 Å². The first-order chi connectivity index (χ1) is 9.61. The zero-order chi connectivity index (χ0) is 14.1. The number of anilines is 2. The van der Waals surface area contributed by atoms with Gasteiger partial charge in [-0.1, -0.05) is 11.6 Å². The van der Waals surface area contributed by atoms with E-state index >= 15 is 0 Å². The molecule has 2 amide bonds. The Labute approximate surface area is 120 Å². The van der Waals surface area contributed by atoms with E-state index in [1.54, 1.807) is 30.3 Å². The molecule has 0 bridgehead atoms. The minimum Gasteiger partial charge on any atom is -0.326 e. The minimum atomic E-state index is -0.255. The van der Waals surface area contributed by atoms with Gasteiger partial charge in [0.2, 0.25) is 5.91 Å². The number of carbonyl (C=O) groups excluding carboxylic acids is 2. The van der Waals surface area contributed by atoms with Crippen LogP contribution in [0.3, 0.4) is 0 Å². The number of halogens is 1. The summed E-state index contributed by atoms with van der Waals surface area (Å²) in [5.74, 6) is -0.312. The summed E-state index contributed by atoms with van der Waals surface area (Å²) in [5, 5.41) is 5.77. The average Bonchev–Trinajstić information content (AvgIpc) is 2.77. The molecule has 0 radical (unpaired) electrons. The van der Waals surface area contributed by atoms with Crippen LogP contribution >= 0.6 is 11.6 Å². The first-order valence-electron chi connectivity index (χ1n) is 5.97. The number of pyridine rings is 1. The van der Waals surface area contributed by atoms with Crippen molar-refractivity contribution in [2.75, 3.05) is 10.6 Å². The Hall–Kier alpha value is -2.40. The first-order valence-corrected chi connectivity index (χ1v) is 6.35. The van der Waals surface area contributed by atoms with E-state index in [-0.39, 0.29) is 11.8 Å². The van der Waals surface area contributed by atoms with Gasteiger partial charge in [-0.05, 0) is 35.9 Å². The van der Waals surface area contributed by atoms with Gasteiger partial charge in [0.05, 0.1) is 6.42 Å². The predicted octanol–water partition coefficient (Wildman–Crippen LogP) is 2.48. The molecule has 0 fully saturated rings. The fraction of sp³-hybridized carbons (Fsp3) is 0.0714. The fourth-order valence-electron chi connectivity index (χ4n) is 2.05. The van der Waals surface area contributed by atoms with Gasteiger partial charge in [0, 0.05) is 23.1 Å². The lowest BCUT2D eigenvalue weighted by Gasteiger charge is -2.06. The Morgan fingerprint density at radius 2 is 2.15 bits per heavy atom. The van der Waals surface area contributed by atoms with Crippen LogP contribution < -0.4 is 10.6 Å². The molecule has 6 heteroatoms. The Balaban J connectivity index is 1.81. The summed E-state index contributed by atoms with van der Waals surface area (Å²) in [6.45, 7) is 0. The first kappa shape index (κ1) is 12.6. The molecule has 0 saturated heterocycles. The molecule has 1 aromatic heterocycles. The fourth-order valence-corrected chi connectivity index (χ4v) is 2.23. The Morgan fingerprint density at radius 1 is 1.30 bits per heavy atom. The van der Waals surface area contributed by atoms with Crippen molar-refractivity contribution < 1.29 is 9.59 Å². The maximum atomic E-state index is 12.1. The normalized spacial score (nSPS) is 12.8.